The SMILES string of the molecule is CC(C)(O)CNCC1CCC1. The van der Waals surface area contributed by atoms with Gasteiger partial charge in [-0.05, 0) is 39.2 Å². The lowest BCUT2D eigenvalue weighted by Gasteiger charge is -2.27. The molecule has 66 valence electrons. The molecular formula is C9H19NO. The average molecular weight is 157 g/mol. The highest BCUT2D eigenvalue weighted by Gasteiger charge is 2.18. The quantitative estimate of drug-likeness (QED) is 0.641. The van der Waals surface area contributed by atoms with Crippen LogP contribution in [0.2, 0.25) is 0 Å². The van der Waals surface area contributed by atoms with Gasteiger partial charge in [0.15, 0.2) is 0 Å². The molecule has 1 saturated carbocycles. The van der Waals surface area contributed by atoms with Crippen molar-refractivity contribution < 1.29 is 5.11 Å². The Labute approximate surface area is 69.0 Å². The Balaban J connectivity index is 1.95. The maximum atomic E-state index is 9.36. The molecule has 1 rings (SSSR count). The van der Waals surface area contributed by atoms with E-state index >= 15 is 0 Å². The minimum absolute atomic E-state index is 0.552. The monoisotopic (exact) mass is 157 g/mol. The molecule has 0 aromatic rings. The first kappa shape index (κ1) is 9.01. The molecule has 1 aliphatic carbocycles. The molecule has 1 fully saturated rings. The van der Waals surface area contributed by atoms with E-state index in [0.29, 0.717) is 6.54 Å². The minimum atomic E-state index is -0.552. The van der Waals surface area contributed by atoms with Gasteiger partial charge in [0.1, 0.15) is 0 Å². The molecule has 0 saturated heterocycles. The third-order valence-corrected chi connectivity index (χ3v) is 2.22. The third-order valence-electron chi connectivity index (χ3n) is 2.22. The Morgan fingerprint density at radius 1 is 1.45 bits per heavy atom. The third kappa shape index (κ3) is 3.73. The number of nitrogens with one attached hydrogen (secondary N) is 1. The summed E-state index contributed by atoms with van der Waals surface area (Å²) in [6.07, 6.45) is 4.15. The van der Waals surface area contributed by atoms with Gasteiger partial charge in [0.05, 0.1) is 5.60 Å². The molecule has 0 amide bonds. The van der Waals surface area contributed by atoms with E-state index in [1.807, 2.05) is 13.8 Å². The molecule has 2 heteroatoms. The zero-order chi connectivity index (χ0) is 8.32. The Morgan fingerprint density at radius 3 is 2.45 bits per heavy atom. The zero-order valence-electron chi connectivity index (χ0n) is 7.56. The maximum Gasteiger partial charge on any atom is 0.0715 e. The Hall–Kier alpha value is -0.0800. The molecular weight excluding hydrogens is 138 g/mol. The van der Waals surface area contributed by atoms with Gasteiger partial charge in [-0.15, -0.1) is 0 Å². The lowest BCUT2D eigenvalue weighted by Crippen LogP contribution is -2.38. The highest BCUT2D eigenvalue weighted by Crippen LogP contribution is 2.25. The van der Waals surface area contributed by atoms with Crippen molar-refractivity contribution in [1.82, 2.24) is 5.32 Å². The van der Waals surface area contributed by atoms with E-state index in [0.717, 1.165) is 12.5 Å². The summed E-state index contributed by atoms with van der Waals surface area (Å²) in [5.74, 6) is 0.886. The van der Waals surface area contributed by atoms with Crippen LogP contribution >= 0.6 is 0 Å². The van der Waals surface area contributed by atoms with E-state index in [2.05, 4.69) is 5.32 Å². The highest BCUT2D eigenvalue weighted by atomic mass is 16.3. The van der Waals surface area contributed by atoms with Gasteiger partial charge in [-0.3, -0.25) is 0 Å². The Bertz CT molecular complexity index is 113. The first-order valence-electron chi connectivity index (χ1n) is 4.51. The summed E-state index contributed by atoms with van der Waals surface area (Å²) in [7, 11) is 0. The van der Waals surface area contributed by atoms with Crippen LogP contribution in [0.3, 0.4) is 0 Å². The van der Waals surface area contributed by atoms with E-state index < -0.39 is 5.60 Å². The molecule has 0 heterocycles. The van der Waals surface area contributed by atoms with Gasteiger partial charge in [0.2, 0.25) is 0 Å². The molecule has 1 aliphatic rings. The largest absolute Gasteiger partial charge is 0.389 e. The number of hydrogen-bond donors (Lipinski definition) is 2. The van der Waals surface area contributed by atoms with Crippen molar-refractivity contribution in [3.63, 3.8) is 0 Å². The van der Waals surface area contributed by atoms with Crippen molar-refractivity contribution in [2.45, 2.75) is 38.7 Å². The second kappa shape index (κ2) is 3.55. The van der Waals surface area contributed by atoms with Crippen LogP contribution in [0.25, 0.3) is 0 Å². The molecule has 0 aromatic carbocycles. The number of hydrogen-bond acceptors (Lipinski definition) is 2. The molecule has 0 aromatic heterocycles. The second-order valence-electron chi connectivity index (χ2n) is 4.24. The van der Waals surface area contributed by atoms with E-state index in [4.69, 9.17) is 0 Å². The van der Waals surface area contributed by atoms with Gasteiger partial charge >= 0.3 is 0 Å². The molecule has 0 spiro atoms. The predicted octanol–water partition coefficient (Wildman–Crippen LogP) is 1.15. The van der Waals surface area contributed by atoms with Gasteiger partial charge < -0.3 is 10.4 Å². The van der Waals surface area contributed by atoms with E-state index in [1.54, 1.807) is 0 Å². The molecule has 0 aliphatic heterocycles. The predicted molar refractivity (Wildman–Crippen MR) is 46.5 cm³/mol. The summed E-state index contributed by atoms with van der Waals surface area (Å²) in [6, 6.07) is 0. The number of aliphatic hydroxyl groups is 1. The van der Waals surface area contributed by atoms with Crippen molar-refractivity contribution in [2.75, 3.05) is 13.1 Å². The highest BCUT2D eigenvalue weighted by molar-refractivity contribution is 4.74. The first-order chi connectivity index (χ1) is 5.08. The normalized spacial score (nSPS) is 19.9. The first-order valence-corrected chi connectivity index (χ1v) is 4.51. The van der Waals surface area contributed by atoms with Crippen LogP contribution in [0, 0.1) is 5.92 Å². The topological polar surface area (TPSA) is 32.3 Å². The average Bonchev–Trinajstić information content (AvgIpc) is 1.73. The zero-order valence-corrected chi connectivity index (χ0v) is 7.56. The summed E-state index contributed by atoms with van der Waals surface area (Å²) >= 11 is 0. The number of rotatable bonds is 4. The smallest absolute Gasteiger partial charge is 0.0715 e. The fraction of sp³-hybridized carbons (Fsp3) is 1.00. The molecule has 0 radical (unpaired) electrons. The fourth-order valence-electron chi connectivity index (χ4n) is 1.28. The van der Waals surface area contributed by atoms with Crippen LogP contribution < -0.4 is 5.32 Å². The van der Waals surface area contributed by atoms with Gasteiger partial charge in [-0.1, -0.05) is 6.42 Å². The molecule has 2 nitrogen and oxygen atoms in total. The summed E-state index contributed by atoms with van der Waals surface area (Å²) in [4.78, 5) is 0. The molecule has 2 N–H and O–H groups in total. The van der Waals surface area contributed by atoms with Gasteiger partial charge in [0, 0.05) is 6.54 Å². The van der Waals surface area contributed by atoms with Crippen LogP contribution in [0.5, 0.6) is 0 Å². The molecule has 0 bridgehead atoms. The molecule has 11 heavy (non-hydrogen) atoms. The molecule has 0 unspecified atom stereocenters. The summed E-state index contributed by atoms with van der Waals surface area (Å²) in [5.41, 5.74) is -0.552. The van der Waals surface area contributed by atoms with Crippen LogP contribution in [0.1, 0.15) is 33.1 Å². The van der Waals surface area contributed by atoms with E-state index in [-0.39, 0.29) is 0 Å². The van der Waals surface area contributed by atoms with Crippen molar-refractivity contribution in [2.24, 2.45) is 5.92 Å². The summed E-state index contributed by atoms with van der Waals surface area (Å²) in [6.45, 7) is 5.47. The fourth-order valence-corrected chi connectivity index (χ4v) is 1.28. The molecule has 0 atom stereocenters. The van der Waals surface area contributed by atoms with Crippen LogP contribution in [-0.4, -0.2) is 23.8 Å². The van der Waals surface area contributed by atoms with Gasteiger partial charge in [0.25, 0.3) is 0 Å². The summed E-state index contributed by atoms with van der Waals surface area (Å²) in [5, 5.41) is 12.6. The van der Waals surface area contributed by atoms with Crippen LogP contribution in [0.4, 0.5) is 0 Å². The Morgan fingerprint density at radius 2 is 2.09 bits per heavy atom. The van der Waals surface area contributed by atoms with Crippen molar-refractivity contribution >= 4 is 0 Å². The standard InChI is InChI=1S/C9H19NO/c1-9(2,11)7-10-6-8-4-3-5-8/h8,10-11H,3-7H2,1-2H3. The lowest BCUT2D eigenvalue weighted by atomic mass is 9.85. The summed E-state index contributed by atoms with van der Waals surface area (Å²) < 4.78 is 0. The van der Waals surface area contributed by atoms with Crippen LogP contribution in [-0.2, 0) is 0 Å². The second-order valence-corrected chi connectivity index (χ2v) is 4.24. The van der Waals surface area contributed by atoms with E-state index in [9.17, 15) is 5.11 Å². The minimum Gasteiger partial charge on any atom is -0.389 e. The van der Waals surface area contributed by atoms with Gasteiger partial charge in [-0.25, -0.2) is 0 Å². The van der Waals surface area contributed by atoms with Crippen molar-refractivity contribution in [1.29, 1.82) is 0 Å². The van der Waals surface area contributed by atoms with Gasteiger partial charge in [-0.2, -0.15) is 0 Å². The van der Waals surface area contributed by atoms with Crippen molar-refractivity contribution in [3.8, 4) is 0 Å². The van der Waals surface area contributed by atoms with Crippen molar-refractivity contribution in [3.05, 3.63) is 0 Å². The van der Waals surface area contributed by atoms with E-state index in [1.165, 1.54) is 19.3 Å². The maximum absolute atomic E-state index is 9.36. The van der Waals surface area contributed by atoms with Crippen LogP contribution in [0.15, 0.2) is 0 Å². The Kier molecular flexibility index (Phi) is 2.90. The lowest BCUT2D eigenvalue weighted by molar-refractivity contribution is 0.0772.